The summed E-state index contributed by atoms with van der Waals surface area (Å²) in [5, 5.41) is 15.8. The summed E-state index contributed by atoms with van der Waals surface area (Å²) in [5.74, 6) is 0.780. The Hall–Kier alpha value is -1.73. The van der Waals surface area contributed by atoms with E-state index in [1.807, 2.05) is 24.4 Å². The lowest BCUT2D eigenvalue weighted by atomic mass is 10.4. The molecule has 0 aliphatic carbocycles. The highest BCUT2D eigenvalue weighted by atomic mass is 32.1. The third-order valence-corrected chi connectivity index (χ3v) is 3.97. The molecule has 7 heteroatoms. The van der Waals surface area contributed by atoms with Crippen LogP contribution in [-0.2, 0) is 0 Å². The van der Waals surface area contributed by atoms with E-state index >= 15 is 0 Å². The van der Waals surface area contributed by atoms with E-state index in [1.165, 1.54) is 22.7 Å². The SMILES string of the molecule is CCNc1nnc(-c2csc(-c3ccco3)n2)s1. The average molecular weight is 278 g/mol. The van der Waals surface area contributed by atoms with Gasteiger partial charge in [-0.2, -0.15) is 0 Å². The molecule has 1 N–H and O–H groups in total. The second kappa shape index (κ2) is 4.87. The lowest BCUT2D eigenvalue weighted by molar-refractivity contribution is 0.582. The fourth-order valence-electron chi connectivity index (χ4n) is 1.43. The fourth-order valence-corrected chi connectivity index (χ4v) is 3.05. The molecule has 18 heavy (non-hydrogen) atoms. The second-order valence-electron chi connectivity index (χ2n) is 3.46. The molecule has 5 nitrogen and oxygen atoms in total. The van der Waals surface area contributed by atoms with Crippen LogP contribution >= 0.6 is 22.7 Å². The Bertz CT molecular complexity index is 629. The summed E-state index contributed by atoms with van der Waals surface area (Å²) in [6.07, 6.45) is 1.64. The number of anilines is 1. The Morgan fingerprint density at radius 3 is 3.06 bits per heavy atom. The van der Waals surface area contributed by atoms with Gasteiger partial charge in [0.05, 0.1) is 6.26 Å². The summed E-state index contributed by atoms with van der Waals surface area (Å²) in [4.78, 5) is 4.50. The minimum atomic E-state index is 0.780. The van der Waals surface area contributed by atoms with Crippen LogP contribution < -0.4 is 5.32 Å². The van der Waals surface area contributed by atoms with Gasteiger partial charge in [0.1, 0.15) is 5.69 Å². The van der Waals surface area contributed by atoms with Crippen molar-refractivity contribution in [3.63, 3.8) is 0 Å². The number of furan rings is 1. The number of aromatic nitrogens is 3. The summed E-state index contributed by atoms with van der Waals surface area (Å²) in [6, 6.07) is 3.75. The van der Waals surface area contributed by atoms with Crippen molar-refractivity contribution in [1.29, 1.82) is 0 Å². The van der Waals surface area contributed by atoms with Crippen LogP contribution in [0.1, 0.15) is 6.92 Å². The van der Waals surface area contributed by atoms with Crippen LogP contribution in [0.15, 0.2) is 28.2 Å². The van der Waals surface area contributed by atoms with Crippen LogP contribution in [0.3, 0.4) is 0 Å². The van der Waals surface area contributed by atoms with Gasteiger partial charge in [-0.25, -0.2) is 4.98 Å². The molecular formula is C11H10N4OS2. The number of rotatable bonds is 4. The van der Waals surface area contributed by atoms with E-state index in [-0.39, 0.29) is 0 Å². The first-order valence-electron chi connectivity index (χ1n) is 5.44. The Labute approximate surface area is 112 Å². The van der Waals surface area contributed by atoms with Crippen molar-refractivity contribution in [2.75, 3.05) is 11.9 Å². The number of nitrogens with one attached hydrogen (secondary N) is 1. The smallest absolute Gasteiger partial charge is 0.206 e. The van der Waals surface area contributed by atoms with Gasteiger partial charge in [-0.05, 0) is 19.1 Å². The molecule has 92 valence electrons. The third kappa shape index (κ3) is 2.14. The molecule has 0 unspecified atom stereocenters. The zero-order valence-corrected chi connectivity index (χ0v) is 11.2. The molecule has 3 aromatic rings. The highest BCUT2D eigenvalue weighted by Crippen LogP contribution is 2.31. The van der Waals surface area contributed by atoms with E-state index in [0.29, 0.717) is 0 Å². The molecule has 0 atom stereocenters. The van der Waals surface area contributed by atoms with Gasteiger partial charge < -0.3 is 9.73 Å². The normalized spacial score (nSPS) is 10.7. The van der Waals surface area contributed by atoms with E-state index in [9.17, 15) is 0 Å². The third-order valence-electron chi connectivity index (χ3n) is 2.21. The Morgan fingerprint density at radius 2 is 2.28 bits per heavy atom. The van der Waals surface area contributed by atoms with Crippen molar-refractivity contribution in [2.45, 2.75) is 6.92 Å². The molecule has 3 heterocycles. The molecule has 0 amide bonds. The van der Waals surface area contributed by atoms with E-state index in [0.717, 1.165) is 33.1 Å². The van der Waals surface area contributed by atoms with Gasteiger partial charge in [-0.3, -0.25) is 0 Å². The average Bonchev–Trinajstić information content (AvgIpc) is 3.10. The summed E-state index contributed by atoms with van der Waals surface area (Å²) in [7, 11) is 0. The molecule has 0 saturated carbocycles. The molecule has 0 saturated heterocycles. The van der Waals surface area contributed by atoms with Gasteiger partial charge in [0, 0.05) is 11.9 Å². The maximum atomic E-state index is 5.32. The molecule has 3 aromatic heterocycles. The highest BCUT2D eigenvalue weighted by Gasteiger charge is 2.12. The van der Waals surface area contributed by atoms with Crippen molar-refractivity contribution < 1.29 is 4.42 Å². The predicted molar refractivity (Wildman–Crippen MR) is 72.9 cm³/mol. The maximum absolute atomic E-state index is 5.32. The van der Waals surface area contributed by atoms with E-state index in [2.05, 4.69) is 20.5 Å². The van der Waals surface area contributed by atoms with Gasteiger partial charge in [-0.15, -0.1) is 21.5 Å². The zero-order valence-electron chi connectivity index (χ0n) is 9.58. The second-order valence-corrected chi connectivity index (χ2v) is 5.29. The molecule has 0 spiro atoms. The first-order valence-corrected chi connectivity index (χ1v) is 7.13. The number of nitrogens with zero attached hydrogens (tertiary/aromatic N) is 3. The number of thiazole rings is 1. The summed E-state index contributed by atoms with van der Waals surface area (Å²) in [5.41, 5.74) is 0.841. The van der Waals surface area contributed by atoms with Crippen LogP contribution in [0.5, 0.6) is 0 Å². The summed E-state index contributed by atoms with van der Waals surface area (Å²) < 4.78 is 5.32. The minimum absolute atomic E-state index is 0.780. The first-order chi connectivity index (χ1) is 8.86. The molecule has 0 fully saturated rings. The summed E-state index contributed by atoms with van der Waals surface area (Å²) in [6.45, 7) is 2.86. The Balaban J connectivity index is 1.88. The lowest BCUT2D eigenvalue weighted by Crippen LogP contribution is -1.94. The quantitative estimate of drug-likeness (QED) is 0.792. The molecule has 0 aromatic carbocycles. The molecule has 0 aliphatic rings. The van der Waals surface area contributed by atoms with Gasteiger partial charge in [0.2, 0.25) is 5.13 Å². The summed E-state index contributed by atoms with van der Waals surface area (Å²) >= 11 is 3.04. The van der Waals surface area contributed by atoms with E-state index in [4.69, 9.17) is 4.42 Å². The lowest BCUT2D eigenvalue weighted by Gasteiger charge is -1.91. The van der Waals surface area contributed by atoms with Crippen LogP contribution in [0, 0.1) is 0 Å². The first kappa shape index (κ1) is 11.4. The number of hydrogen-bond acceptors (Lipinski definition) is 7. The largest absolute Gasteiger partial charge is 0.462 e. The molecule has 0 radical (unpaired) electrons. The fraction of sp³-hybridized carbons (Fsp3) is 0.182. The molecule has 3 rings (SSSR count). The maximum Gasteiger partial charge on any atom is 0.206 e. The van der Waals surface area contributed by atoms with Crippen LogP contribution in [0.4, 0.5) is 5.13 Å². The van der Waals surface area contributed by atoms with Crippen molar-refractivity contribution >= 4 is 27.8 Å². The number of hydrogen-bond donors (Lipinski definition) is 1. The Kier molecular flexibility index (Phi) is 3.07. The van der Waals surface area contributed by atoms with Crippen molar-refractivity contribution in [3.05, 3.63) is 23.8 Å². The van der Waals surface area contributed by atoms with Gasteiger partial charge in [-0.1, -0.05) is 11.3 Å². The minimum Gasteiger partial charge on any atom is -0.462 e. The monoisotopic (exact) mass is 278 g/mol. The van der Waals surface area contributed by atoms with Gasteiger partial charge in [0.25, 0.3) is 0 Å². The zero-order chi connectivity index (χ0) is 12.4. The standard InChI is InChI=1S/C11H10N4OS2/c1-2-12-11-15-14-9(18-11)7-6-17-10(13-7)8-4-3-5-16-8/h3-6H,2H2,1H3,(H,12,15). The molecule has 0 bridgehead atoms. The van der Waals surface area contributed by atoms with Crippen LogP contribution in [0.2, 0.25) is 0 Å². The topological polar surface area (TPSA) is 63.8 Å². The van der Waals surface area contributed by atoms with E-state index in [1.54, 1.807) is 6.26 Å². The van der Waals surface area contributed by atoms with Crippen molar-refractivity contribution in [2.24, 2.45) is 0 Å². The molecular weight excluding hydrogens is 268 g/mol. The van der Waals surface area contributed by atoms with Crippen LogP contribution in [-0.4, -0.2) is 21.7 Å². The van der Waals surface area contributed by atoms with Gasteiger partial charge >= 0.3 is 0 Å². The van der Waals surface area contributed by atoms with Crippen molar-refractivity contribution in [3.8, 4) is 21.5 Å². The van der Waals surface area contributed by atoms with Gasteiger partial charge in [0.15, 0.2) is 15.8 Å². The Morgan fingerprint density at radius 1 is 1.33 bits per heavy atom. The predicted octanol–water partition coefficient (Wildman–Crippen LogP) is 3.35. The van der Waals surface area contributed by atoms with E-state index < -0.39 is 0 Å². The van der Waals surface area contributed by atoms with Crippen LogP contribution in [0.25, 0.3) is 21.5 Å². The molecule has 0 aliphatic heterocycles. The highest BCUT2D eigenvalue weighted by molar-refractivity contribution is 7.19. The van der Waals surface area contributed by atoms with Crippen molar-refractivity contribution in [1.82, 2.24) is 15.2 Å².